The number of amides is 1. The fourth-order valence-electron chi connectivity index (χ4n) is 3.03. The average Bonchev–Trinajstić information content (AvgIpc) is 2.85. The Morgan fingerprint density at radius 2 is 1.95 bits per heavy atom. The number of hydrogen-bond donors (Lipinski definition) is 2. The molecule has 0 radical (unpaired) electrons. The summed E-state index contributed by atoms with van der Waals surface area (Å²) in [4.78, 5) is 15.4. The van der Waals surface area contributed by atoms with Crippen LogP contribution in [0, 0.1) is 0 Å². The van der Waals surface area contributed by atoms with Gasteiger partial charge in [0.2, 0.25) is 0 Å². The summed E-state index contributed by atoms with van der Waals surface area (Å²) in [7, 11) is 0. The molecule has 0 bridgehead atoms. The molecule has 0 aliphatic heterocycles. The molecule has 108 valence electrons. The van der Waals surface area contributed by atoms with Crippen molar-refractivity contribution in [1.29, 1.82) is 0 Å². The van der Waals surface area contributed by atoms with Crippen molar-refractivity contribution in [3.05, 3.63) is 63.9 Å². The van der Waals surface area contributed by atoms with Gasteiger partial charge in [0.05, 0.1) is 5.69 Å². The van der Waals surface area contributed by atoms with E-state index in [0.29, 0.717) is 6.54 Å². The van der Waals surface area contributed by atoms with Gasteiger partial charge in [-0.3, -0.25) is 4.98 Å². The molecule has 3 rings (SSSR count). The quantitative estimate of drug-likeness (QED) is 0.897. The lowest BCUT2D eigenvalue weighted by Gasteiger charge is -2.28. The van der Waals surface area contributed by atoms with Crippen LogP contribution < -0.4 is 5.32 Å². The molecule has 4 nitrogen and oxygen atoms in total. The number of pyridine rings is 1. The van der Waals surface area contributed by atoms with E-state index in [1.165, 1.54) is 11.1 Å². The molecule has 1 aromatic heterocycles. The van der Waals surface area contributed by atoms with E-state index in [0.717, 1.165) is 23.0 Å². The molecule has 2 aromatic rings. The normalized spacial score (nSPS) is 15.5. The SMILES string of the molecule is O=C(O)NCC1(c2cc(Br)ccn2)Cc2ccccc2C1. The summed E-state index contributed by atoms with van der Waals surface area (Å²) in [5.74, 6) is 0. The zero-order chi connectivity index (χ0) is 14.9. The van der Waals surface area contributed by atoms with Crippen LogP contribution in [0.25, 0.3) is 0 Å². The Bertz CT molecular complexity index is 662. The van der Waals surface area contributed by atoms with E-state index in [1.807, 2.05) is 24.3 Å². The molecule has 21 heavy (non-hydrogen) atoms. The van der Waals surface area contributed by atoms with Crippen LogP contribution in [0.4, 0.5) is 4.79 Å². The first-order valence-corrected chi connectivity index (χ1v) is 7.54. The maximum atomic E-state index is 10.9. The third kappa shape index (κ3) is 2.78. The third-order valence-electron chi connectivity index (χ3n) is 4.02. The Morgan fingerprint density at radius 1 is 1.29 bits per heavy atom. The highest BCUT2D eigenvalue weighted by atomic mass is 79.9. The topological polar surface area (TPSA) is 62.2 Å². The highest BCUT2D eigenvalue weighted by Gasteiger charge is 2.40. The number of nitrogens with zero attached hydrogens (tertiary/aromatic N) is 1. The van der Waals surface area contributed by atoms with Crippen LogP contribution in [-0.2, 0) is 18.3 Å². The van der Waals surface area contributed by atoms with E-state index < -0.39 is 6.09 Å². The van der Waals surface area contributed by atoms with Gasteiger partial charge in [0.15, 0.2) is 0 Å². The minimum absolute atomic E-state index is 0.314. The Morgan fingerprint density at radius 3 is 2.52 bits per heavy atom. The van der Waals surface area contributed by atoms with Crippen LogP contribution in [-0.4, -0.2) is 22.7 Å². The summed E-state index contributed by atoms with van der Waals surface area (Å²) in [5.41, 5.74) is 3.14. The predicted octanol–water partition coefficient (Wildman–Crippen LogP) is 3.15. The summed E-state index contributed by atoms with van der Waals surface area (Å²) in [6, 6.07) is 12.1. The molecule has 1 aromatic carbocycles. The van der Waals surface area contributed by atoms with Crippen molar-refractivity contribution in [2.24, 2.45) is 0 Å². The zero-order valence-corrected chi connectivity index (χ0v) is 12.9. The Labute approximate surface area is 131 Å². The molecule has 0 saturated carbocycles. The van der Waals surface area contributed by atoms with Crippen LogP contribution in [0.2, 0.25) is 0 Å². The largest absolute Gasteiger partial charge is 0.465 e. The van der Waals surface area contributed by atoms with Gasteiger partial charge in [0.25, 0.3) is 0 Å². The molecule has 0 spiro atoms. The van der Waals surface area contributed by atoms with Crippen LogP contribution in [0.1, 0.15) is 16.8 Å². The molecule has 0 fully saturated rings. The van der Waals surface area contributed by atoms with Crippen molar-refractivity contribution in [3.8, 4) is 0 Å². The van der Waals surface area contributed by atoms with Gasteiger partial charge >= 0.3 is 6.09 Å². The summed E-state index contributed by atoms with van der Waals surface area (Å²) in [5, 5.41) is 11.5. The van der Waals surface area contributed by atoms with Gasteiger partial charge in [0.1, 0.15) is 0 Å². The lowest BCUT2D eigenvalue weighted by atomic mass is 9.80. The van der Waals surface area contributed by atoms with Gasteiger partial charge < -0.3 is 10.4 Å². The van der Waals surface area contributed by atoms with Crippen LogP contribution in [0.3, 0.4) is 0 Å². The fraction of sp³-hybridized carbons (Fsp3) is 0.250. The number of nitrogens with one attached hydrogen (secondary N) is 1. The van der Waals surface area contributed by atoms with Crippen LogP contribution >= 0.6 is 15.9 Å². The summed E-state index contributed by atoms with van der Waals surface area (Å²) in [6.45, 7) is 0.362. The molecular weight excluding hydrogens is 332 g/mol. The molecule has 1 aliphatic rings. The van der Waals surface area contributed by atoms with Gasteiger partial charge in [-0.05, 0) is 36.1 Å². The van der Waals surface area contributed by atoms with E-state index in [9.17, 15) is 4.79 Å². The Kier molecular flexibility index (Phi) is 3.68. The summed E-state index contributed by atoms with van der Waals surface area (Å²) in [6.07, 6.45) is 2.35. The van der Waals surface area contributed by atoms with Crippen molar-refractivity contribution in [2.75, 3.05) is 6.54 Å². The van der Waals surface area contributed by atoms with Crippen molar-refractivity contribution in [2.45, 2.75) is 18.3 Å². The summed E-state index contributed by atoms with van der Waals surface area (Å²) >= 11 is 3.47. The van der Waals surface area contributed by atoms with E-state index in [1.54, 1.807) is 6.20 Å². The number of carboxylic acid groups (broad SMARTS) is 1. The number of benzene rings is 1. The number of hydrogen-bond acceptors (Lipinski definition) is 2. The third-order valence-corrected chi connectivity index (χ3v) is 4.51. The lowest BCUT2D eigenvalue weighted by Crippen LogP contribution is -2.41. The second-order valence-corrected chi connectivity index (χ2v) is 6.34. The summed E-state index contributed by atoms with van der Waals surface area (Å²) < 4.78 is 0.957. The van der Waals surface area contributed by atoms with Gasteiger partial charge in [-0.2, -0.15) is 0 Å². The number of aromatic nitrogens is 1. The van der Waals surface area contributed by atoms with Crippen molar-refractivity contribution in [1.82, 2.24) is 10.3 Å². The van der Waals surface area contributed by atoms with Gasteiger partial charge in [-0.1, -0.05) is 40.2 Å². The molecule has 1 aliphatic carbocycles. The van der Waals surface area contributed by atoms with E-state index in [4.69, 9.17) is 5.11 Å². The highest BCUT2D eigenvalue weighted by molar-refractivity contribution is 9.10. The molecule has 0 saturated heterocycles. The van der Waals surface area contributed by atoms with Crippen LogP contribution in [0.5, 0.6) is 0 Å². The van der Waals surface area contributed by atoms with Crippen molar-refractivity contribution < 1.29 is 9.90 Å². The molecule has 0 unspecified atom stereocenters. The van der Waals surface area contributed by atoms with Gasteiger partial charge in [-0.15, -0.1) is 0 Å². The number of rotatable bonds is 3. The second kappa shape index (κ2) is 5.48. The van der Waals surface area contributed by atoms with Crippen molar-refractivity contribution >= 4 is 22.0 Å². The molecule has 1 heterocycles. The van der Waals surface area contributed by atoms with E-state index in [-0.39, 0.29) is 5.41 Å². The van der Waals surface area contributed by atoms with Gasteiger partial charge in [0, 0.05) is 22.6 Å². The minimum Gasteiger partial charge on any atom is -0.465 e. The smallest absolute Gasteiger partial charge is 0.404 e. The molecule has 0 atom stereocenters. The van der Waals surface area contributed by atoms with E-state index >= 15 is 0 Å². The predicted molar refractivity (Wildman–Crippen MR) is 83.5 cm³/mol. The average molecular weight is 347 g/mol. The maximum absolute atomic E-state index is 10.9. The zero-order valence-electron chi connectivity index (χ0n) is 11.3. The van der Waals surface area contributed by atoms with Crippen LogP contribution in [0.15, 0.2) is 47.1 Å². The molecule has 5 heteroatoms. The lowest BCUT2D eigenvalue weighted by molar-refractivity contribution is 0.190. The molecule has 2 N–H and O–H groups in total. The number of halogens is 1. The van der Waals surface area contributed by atoms with E-state index in [2.05, 4.69) is 38.4 Å². The Balaban J connectivity index is 2.00. The Hall–Kier alpha value is -1.88. The molecule has 1 amide bonds. The van der Waals surface area contributed by atoms with Gasteiger partial charge in [-0.25, -0.2) is 4.79 Å². The standard InChI is InChI=1S/C16H15BrN2O2/c17-13-5-6-18-14(7-13)16(10-19-15(20)21)8-11-3-1-2-4-12(11)9-16/h1-7,19H,8-10H2,(H,20,21). The first kappa shape index (κ1) is 14.1. The highest BCUT2D eigenvalue weighted by Crippen LogP contribution is 2.39. The minimum atomic E-state index is -1.000. The maximum Gasteiger partial charge on any atom is 0.404 e. The first-order valence-electron chi connectivity index (χ1n) is 6.75. The second-order valence-electron chi connectivity index (χ2n) is 5.42. The number of fused-ring (bicyclic) bond motifs is 1. The fourth-order valence-corrected chi connectivity index (χ4v) is 3.37. The van der Waals surface area contributed by atoms with Crippen molar-refractivity contribution in [3.63, 3.8) is 0 Å². The first-order chi connectivity index (χ1) is 10.1. The monoisotopic (exact) mass is 346 g/mol. The molecular formula is C16H15BrN2O2. The number of carbonyl (C=O) groups is 1.